The molecule has 0 bridgehead atoms. The largest absolute Gasteiger partial charge is 0.339 e. The fourth-order valence-corrected chi connectivity index (χ4v) is 4.48. The van der Waals surface area contributed by atoms with Gasteiger partial charge in [-0.3, -0.25) is 23.5 Å². The quantitative estimate of drug-likeness (QED) is 0.304. The number of rotatable bonds is 6. The smallest absolute Gasteiger partial charge is 0.336 e. The van der Waals surface area contributed by atoms with Crippen LogP contribution in [0.1, 0.15) is 30.0 Å². The molecule has 11 heteroatoms. The standard InChI is InChI=1S/C26H23BrFN5O4/c1-13-6-9-19(18(28)10-13)30-23-21-22(14(2)24(35)31-23)32(26(37)33(25(21)36)16-7-8-16)17-5-3-4-15(11-17)29-20(34)12-27/h3-6,9-11,16H,7-8,12H2,1-2H3,(H,29,34)(H2,30,31,35). The SMILES string of the molecule is Cc1ccc(Nc2[nH]c(=O)c(C)c3c2c(=O)n(C2CC2)c(=O)n3-c2cccc(NC(=O)CBr)c2)c(F)c1. The molecule has 2 aromatic carbocycles. The van der Waals surface area contributed by atoms with Crippen molar-refractivity contribution in [3.63, 3.8) is 0 Å². The van der Waals surface area contributed by atoms with E-state index in [1.807, 2.05) is 0 Å². The van der Waals surface area contributed by atoms with Crippen molar-refractivity contribution in [1.82, 2.24) is 14.1 Å². The molecule has 0 unspecified atom stereocenters. The van der Waals surface area contributed by atoms with E-state index in [1.165, 1.54) is 28.2 Å². The molecule has 190 valence electrons. The molecule has 2 heterocycles. The van der Waals surface area contributed by atoms with Crippen LogP contribution in [0.15, 0.2) is 56.8 Å². The molecule has 3 N–H and O–H groups in total. The van der Waals surface area contributed by atoms with Crippen LogP contribution in [0.4, 0.5) is 21.6 Å². The topological polar surface area (TPSA) is 118 Å². The number of amides is 1. The van der Waals surface area contributed by atoms with Crippen LogP contribution >= 0.6 is 15.9 Å². The molecule has 4 aromatic rings. The molecule has 0 radical (unpaired) electrons. The van der Waals surface area contributed by atoms with Gasteiger partial charge in [0.2, 0.25) is 5.91 Å². The van der Waals surface area contributed by atoms with Crippen molar-refractivity contribution in [1.29, 1.82) is 0 Å². The number of aromatic amines is 1. The number of alkyl halides is 1. The molecule has 1 aliphatic rings. The zero-order chi connectivity index (χ0) is 26.4. The third-order valence-corrected chi connectivity index (χ3v) is 6.79. The van der Waals surface area contributed by atoms with E-state index in [1.54, 1.807) is 37.3 Å². The van der Waals surface area contributed by atoms with Crippen LogP contribution in [0.3, 0.4) is 0 Å². The van der Waals surface area contributed by atoms with Gasteiger partial charge >= 0.3 is 5.69 Å². The van der Waals surface area contributed by atoms with Crippen LogP contribution in [0.5, 0.6) is 0 Å². The Labute approximate surface area is 218 Å². The molecule has 0 spiro atoms. The van der Waals surface area contributed by atoms with Crippen LogP contribution in [0.25, 0.3) is 16.6 Å². The lowest BCUT2D eigenvalue weighted by molar-refractivity contribution is -0.113. The summed E-state index contributed by atoms with van der Waals surface area (Å²) in [7, 11) is 0. The molecule has 9 nitrogen and oxygen atoms in total. The van der Waals surface area contributed by atoms with Crippen LogP contribution in [-0.4, -0.2) is 25.4 Å². The van der Waals surface area contributed by atoms with Gasteiger partial charge in [-0.05, 0) is 62.6 Å². The summed E-state index contributed by atoms with van der Waals surface area (Å²) in [4.78, 5) is 55.0. The average Bonchev–Trinajstić information content (AvgIpc) is 3.69. The maximum atomic E-state index is 14.7. The molecule has 2 aromatic heterocycles. The van der Waals surface area contributed by atoms with Crippen molar-refractivity contribution >= 4 is 49.9 Å². The van der Waals surface area contributed by atoms with E-state index in [0.29, 0.717) is 29.8 Å². The van der Waals surface area contributed by atoms with Gasteiger partial charge in [0, 0.05) is 17.3 Å². The number of nitrogens with one attached hydrogen (secondary N) is 3. The van der Waals surface area contributed by atoms with Crippen molar-refractivity contribution in [2.24, 2.45) is 0 Å². The van der Waals surface area contributed by atoms with E-state index in [2.05, 4.69) is 31.5 Å². The summed E-state index contributed by atoms with van der Waals surface area (Å²) in [5, 5.41) is 5.72. The fourth-order valence-electron chi connectivity index (χ4n) is 4.34. The van der Waals surface area contributed by atoms with Crippen molar-refractivity contribution in [3.05, 3.63) is 90.6 Å². The summed E-state index contributed by atoms with van der Waals surface area (Å²) < 4.78 is 17.2. The summed E-state index contributed by atoms with van der Waals surface area (Å²) in [6, 6.07) is 10.8. The average molecular weight is 568 g/mol. The predicted octanol–water partition coefficient (Wildman–Crippen LogP) is 4.01. The van der Waals surface area contributed by atoms with E-state index in [9.17, 15) is 23.6 Å². The van der Waals surface area contributed by atoms with Crippen LogP contribution in [-0.2, 0) is 4.79 Å². The Morgan fingerprint density at radius 2 is 1.89 bits per heavy atom. The Kier molecular flexibility index (Phi) is 6.32. The second-order valence-corrected chi connectivity index (χ2v) is 9.60. The summed E-state index contributed by atoms with van der Waals surface area (Å²) in [6.45, 7) is 3.27. The number of benzene rings is 2. The van der Waals surface area contributed by atoms with Crippen LogP contribution < -0.4 is 27.4 Å². The summed E-state index contributed by atoms with van der Waals surface area (Å²) in [5.74, 6) is -0.845. The van der Waals surface area contributed by atoms with Crippen molar-refractivity contribution < 1.29 is 9.18 Å². The second-order valence-electron chi connectivity index (χ2n) is 9.04. The van der Waals surface area contributed by atoms with E-state index >= 15 is 0 Å². The van der Waals surface area contributed by atoms with Gasteiger partial charge in [0.15, 0.2) is 0 Å². The molecule has 1 fully saturated rings. The first kappa shape index (κ1) is 24.7. The molecule has 1 aliphatic carbocycles. The van der Waals surface area contributed by atoms with E-state index in [4.69, 9.17) is 0 Å². The molecule has 1 saturated carbocycles. The molecule has 5 rings (SSSR count). The van der Waals surface area contributed by atoms with Gasteiger partial charge in [-0.25, -0.2) is 9.18 Å². The predicted molar refractivity (Wildman–Crippen MR) is 144 cm³/mol. The maximum absolute atomic E-state index is 14.7. The first-order chi connectivity index (χ1) is 17.7. The van der Waals surface area contributed by atoms with Gasteiger partial charge in [0.25, 0.3) is 11.1 Å². The molecule has 37 heavy (non-hydrogen) atoms. The van der Waals surface area contributed by atoms with Crippen molar-refractivity contribution in [2.45, 2.75) is 32.7 Å². The maximum Gasteiger partial charge on any atom is 0.336 e. The molecular weight excluding hydrogens is 545 g/mol. The van der Waals surface area contributed by atoms with Crippen molar-refractivity contribution in [2.75, 3.05) is 16.0 Å². The van der Waals surface area contributed by atoms with E-state index in [0.717, 1.165) is 0 Å². The lowest BCUT2D eigenvalue weighted by atomic mass is 10.1. The first-order valence-electron chi connectivity index (χ1n) is 11.6. The van der Waals surface area contributed by atoms with Gasteiger partial charge in [-0.2, -0.15) is 0 Å². The minimum absolute atomic E-state index is 0.00903. The highest BCUT2D eigenvalue weighted by atomic mass is 79.9. The molecule has 0 atom stereocenters. The summed E-state index contributed by atoms with van der Waals surface area (Å²) in [5.41, 5.74) is 0.131. The first-order valence-corrected chi connectivity index (χ1v) is 12.7. The molecular formula is C26H23BrFN5O4. The number of aromatic nitrogens is 3. The number of hydrogen-bond acceptors (Lipinski definition) is 5. The van der Waals surface area contributed by atoms with Crippen LogP contribution in [0, 0.1) is 19.7 Å². The van der Waals surface area contributed by atoms with Gasteiger partial charge < -0.3 is 15.6 Å². The lowest BCUT2D eigenvalue weighted by Crippen LogP contribution is -2.40. The van der Waals surface area contributed by atoms with Crippen LogP contribution in [0.2, 0.25) is 0 Å². The fraction of sp³-hybridized carbons (Fsp3) is 0.231. The zero-order valence-corrected chi connectivity index (χ0v) is 21.6. The summed E-state index contributed by atoms with van der Waals surface area (Å²) >= 11 is 3.10. The minimum Gasteiger partial charge on any atom is -0.339 e. The zero-order valence-electron chi connectivity index (χ0n) is 20.0. The Hall–Kier alpha value is -3.99. The highest BCUT2D eigenvalue weighted by molar-refractivity contribution is 9.09. The molecule has 1 amide bonds. The van der Waals surface area contributed by atoms with Gasteiger partial charge in [0.05, 0.1) is 22.2 Å². The number of nitrogens with zero attached hydrogens (tertiary/aromatic N) is 2. The number of pyridine rings is 1. The number of aryl methyl sites for hydroxylation is 2. The summed E-state index contributed by atoms with van der Waals surface area (Å²) in [6.07, 6.45) is 1.33. The van der Waals surface area contributed by atoms with Gasteiger partial charge in [0.1, 0.15) is 17.0 Å². The molecule has 0 aliphatic heterocycles. The number of carbonyl (C=O) groups excluding carboxylic acids is 1. The number of H-pyrrole nitrogens is 1. The second kappa shape index (κ2) is 9.47. The Morgan fingerprint density at radius 1 is 1.14 bits per heavy atom. The Balaban J connectivity index is 1.84. The number of carbonyl (C=O) groups is 1. The number of hydrogen-bond donors (Lipinski definition) is 3. The van der Waals surface area contributed by atoms with Gasteiger partial charge in [-0.1, -0.05) is 28.1 Å². The Bertz CT molecular complexity index is 1750. The van der Waals surface area contributed by atoms with E-state index in [-0.39, 0.29) is 45.3 Å². The monoisotopic (exact) mass is 567 g/mol. The number of fused-ring (bicyclic) bond motifs is 1. The number of halogens is 2. The number of anilines is 3. The normalized spacial score (nSPS) is 13.1. The third kappa shape index (κ3) is 4.50. The highest BCUT2D eigenvalue weighted by Gasteiger charge is 2.31. The van der Waals surface area contributed by atoms with Gasteiger partial charge in [-0.15, -0.1) is 0 Å². The van der Waals surface area contributed by atoms with E-state index < -0.39 is 22.6 Å². The third-order valence-electron chi connectivity index (χ3n) is 6.28. The molecule has 0 saturated heterocycles. The highest BCUT2D eigenvalue weighted by Crippen LogP contribution is 2.34. The Morgan fingerprint density at radius 3 is 2.57 bits per heavy atom. The minimum atomic E-state index is -0.592. The lowest BCUT2D eigenvalue weighted by Gasteiger charge is -2.18. The van der Waals surface area contributed by atoms with Crippen molar-refractivity contribution in [3.8, 4) is 5.69 Å².